The smallest absolute Gasteiger partial charge is 0.351 e. The van der Waals surface area contributed by atoms with Gasteiger partial charge in [0.15, 0.2) is 12.1 Å². The number of Topliss-reactive ketones (excluding diaryl/α,β-unsaturated/α-hetero) is 2. The van der Waals surface area contributed by atoms with E-state index in [1.54, 1.807) is 48.7 Å². The van der Waals surface area contributed by atoms with Crippen LogP contribution in [0.15, 0.2) is 0 Å². The molecular weight excluding hydrogens is 625 g/mol. The maximum absolute atomic E-state index is 16.6. The zero-order valence-corrected chi connectivity index (χ0v) is 29.7. The van der Waals surface area contributed by atoms with Gasteiger partial charge < -0.3 is 39.6 Å². The van der Waals surface area contributed by atoms with Crippen LogP contribution in [0.4, 0.5) is 9.18 Å². The van der Waals surface area contributed by atoms with Gasteiger partial charge in [0.2, 0.25) is 0 Å². The molecule has 13 heteroatoms. The van der Waals surface area contributed by atoms with E-state index in [9.17, 15) is 24.3 Å². The van der Waals surface area contributed by atoms with Gasteiger partial charge in [-0.15, -0.1) is 6.42 Å². The van der Waals surface area contributed by atoms with Crippen LogP contribution in [-0.4, -0.2) is 114 Å². The average molecular weight is 678 g/mol. The molecule has 3 N–H and O–H groups in total. The highest BCUT2D eigenvalue weighted by Crippen LogP contribution is 2.40. The molecule has 3 fully saturated rings. The number of hydrogen-bond acceptors (Lipinski definition) is 10. The number of carbonyl (C=O) groups is 4. The van der Waals surface area contributed by atoms with Crippen LogP contribution in [-0.2, 0) is 33.3 Å². The number of ketones is 2. The molecule has 3 heterocycles. The first-order valence-corrected chi connectivity index (χ1v) is 16.5. The summed E-state index contributed by atoms with van der Waals surface area (Å²) in [5.74, 6) is 1.53. The number of esters is 1. The average Bonchev–Trinajstić information content (AvgIpc) is 3.33. The number of carbonyl (C=O) groups excluding carboxylic acids is 4. The van der Waals surface area contributed by atoms with Gasteiger partial charge in [-0.2, -0.15) is 0 Å². The van der Waals surface area contributed by atoms with Crippen LogP contribution in [0.5, 0.6) is 0 Å². The zero-order chi connectivity index (χ0) is 36.4. The van der Waals surface area contributed by atoms with E-state index >= 15 is 4.39 Å². The van der Waals surface area contributed by atoms with Crippen molar-refractivity contribution in [2.24, 2.45) is 17.8 Å². The second kappa shape index (κ2) is 15.2. The number of urea groups is 1. The largest absolute Gasteiger partial charge is 0.457 e. The van der Waals surface area contributed by atoms with Gasteiger partial charge in [0.25, 0.3) is 5.67 Å². The standard InChI is InChI=1S/C35H52FN3O9/c1-12-14-15-16-45-33(7)18-19(3)25(40)21(5)27-35(9,38-32(44)37-27)24(13-2)47-31(43)34(8,36)28(42)22(6)29(33)48-30-26(41)23(39(10)11)17-20(4)46-30/h1,19-24,26-27,29-30,41H,13,16-18H2,2-11H3,(H2,37,38,44)/t19-,20-,21+,22+,23+,24-,26-,27-,29-,30+,33-,34-,35-/m1/s1. The Kier molecular flexibility index (Phi) is 12.5. The number of ether oxygens (including phenoxy) is 4. The summed E-state index contributed by atoms with van der Waals surface area (Å²) in [4.78, 5) is 56.3. The van der Waals surface area contributed by atoms with E-state index in [-0.39, 0.29) is 37.4 Å². The molecule has 0 bridgehead atoms. The van der Waals surface area contributed by atoms with E-state index in [1.807, 2.05) is 11.8 Å². The second-order valence-corrected chi connectivity index (χ2v) is 14.3. The van der Waals surface area contributed by atoms with Crippen LogP contribution < -0.4 is 10.6 Å². The van der Waals surface area contributed by atoms with Crippen LogP contribution in [0.1, 0.15) is 74.7 Å². The summed E-state index contributed by atoms with van der Waals surface area (Å²) in [5.41, 5.74) is -6.03. The van der Waals surface area contributed by atoms with Crippen molar-refractivity contribution in [3.05, 3.63) is 0 Å². The van der Waals surface area contributed by atoms with Gasteiger partial charge in [-0.05, 0) is 72.9 Å². The second-order valence-electron chi connectivity index (χ2n) is 14.3. The Morgan fingerprint density at radius 3 is 2.33 bits per heavy atom. The Morgan fingerprint density at radius 1 is 1.10 bits per heavy atom. The third-order valence-corrected chi connectivity index (χ3v) is 10.3. The molecule has 12 nitrogen and oxygen atoms in total. The summed E-state index contributed by atoms with van der Waals surface area (Å²) in [5, 5.41) is 16.9. The molecule has 48 heavy (non-hydrogen) atoms. The minimum atomic E-state index is -3.16. The quantitative estimate of drug-likeness (QED) is 0.217. The van der Waals surface area contributed by atoms with Gasteiger partial charge in [-0.25, -0.2) is 14.0 Å². The molecular formula is C35H52FN3O9. The van der Waals surface area contributed by atoms with Crippen molar-refractivity contribution < 1.29 is 47.6 Å². The predicted octanol–water partition coefficient (Wildman–Crippen LogP) is 2.15. The molecule has 0 aromatic rings. The number of rotatable bonds is 6. The van der Waals surface area contributed by atoms with E-state index in [2.05, 4.69) is 28.4 Å². The molecule has 3 aliphatic heterocycles. The number of alkyl halides is 1. The normalized spacial score (nSPS) is 42.8. The van der Waals surface area contributed by atoms with E-state index in [1.165, 1.54) is 6.92 Å². The van der Waals surface area contributed by atoms with Crippen molar-refractivity contribution in [3.63, 3.8) is 0 Å². The monoisotopic (exact) mass is 677 g/mol. The molecule has 3 rings (SSSR count). The topological polar surface area (TPSA) is 153 Å². The van der Waals surface area contributed by atoms with Crippen LogP contribution in [0.25, 0.3) is 0 Å². The maximum Gasteiger partial charge on any atom is 0.351 e. The highest BCUT2D eigenvalue weighted by molar-refractivity contribution is 6.08. The van der Waals surface area contributed by atoms with Gasteiger partial charge in [-0.3, -0.25) is 9.59 Å². The molecule has 3 saturated heterocycles. The molecule has 0 saturated carbocycles. The summed E-state index contributed by atoms with van der Waals surface area (Å²) in [7, 11) is 3.61. The van der Waals surface area contributed by atoms with Crippen LogP contribution >= 0.6 is 0 Å². The first-order valence-electron chi connectivity index (χ1n) is 16.5. The summed E-state index contributed by atoms with van der Waals surface area (Å²) >= 11 is 0. The first kappa shape index (κ1) is 39.4. The highest BCUT2D eigenvalue weighted by atomic mass is 19.1. The molecule has 2 amide bonds. The highest BCUT2D eigenvalue weighted by Gasteiger charge is 2.58. The number of aliphatic hydroxyl groups excluding tert-OH is 1. The lowest BCUT2D eigenvalue weighted by Crippen LogP contribution is -2.63. The number of amides is 2. The fourth-order valence-electron chi connectivity index (χ4n) is 7.57. The van der Waals surface area contributed by atoms with Crippen LogP contribution in [0.3, 0.4) is 0 Å². The van der Waals surface area contributed by atoms with Crippen molar-refractivity contribution in [2.45, 2.75) is 134 Å². The fraction of sp³-hybridized carbons (Fsp3) is 0.771. The molecule has 13 atom stereocenters. The lowest BCUT2D eigenvalue weighted by Gasteiger charge is -2.47. The van der Waals surface area contributed by atoms with Crippen molar-refractivity contribution in [1.82, 2.24) is 15.5 Å². The first-order chi connectivity index (χ1) is 22.2. The van der Waals surface area contributed by atoms with Crippen molar-refractivity contribution in [3.8, 4) is 24.2 Å². The number of aliphatic hydroxyl groups is 1. The SMILES string of the molecule is C#CC#CCO[C@]1(C)C[C@@H](C)C(=O)[C@H](C)[C@H]2NC(=O)N[C@]2(C)[C@@H](CC)OC(=O)[C@](C)(F)C(=O)[C@H](C)[C@H]1O[C@@H]1O[C@H](C)C[C@H](N(C)C)[C@H]1O. The van der Waals surface area contributed by atoms with Gasteiger partial charge in [0.05, 0.1) is 29.4 Å². The number of hydrogen-bond donors (Lipinski definition) is 3. The number of terminal acetylenes is 1. The number of fused-ring (bicyclic) bond motifs is 1. The minimum absolute atomic E-state index is 0.0544. The van der Waals surface area contributed by atoms with Crippen molar-refractivity contribution in [2.75, 3.05) is 20.7 Å². The summed E-state index contributed by atoms with van der Waals surface area (Å²) in [6.45, 7) is 12.1. The number of cyclic esters (lactones) is 1. The third-order valence-electron chi connectivity index (χ3n) is 10.3. The van der Waals surface area contributed by atoms with E-state index in [4.69, 9.17) is 25.4 Å². The zero-order valence-electron chi connectivity index (χ0n) is 29.7. The predicted molar refractivity (Wildman–Crippen MR) is 174 cm³/mol. The maximum atomic E-state index is 16.6. The van der Waals surface area contributed by atoms with Crippen molar-refractivity contribution >= 4 is 23.6 Å². The van der Waals surface area contributed by atoms with Gasteiger partial charge in [0, 0.05) is 23.8 Å². The Morgan fingerprint density at radius 2 is 1.75 bits per heavy atom. The lowest BCUT2D eigenvalue weighted by molar-refractivity contribution is -0.296. The molecule has 0 aromatic carbocycles. The number of halogens is 1. The molecule has 0 spiro atoms. The Bertz CT molecular complexity index is 1340. The Balaban J connectivity index is 2.21. The van der Waals surface area contributed by atoms with Crippen LogP contribution in [0.2, 0.25) is 0 Å². The summed E-state index contributed by atoms with van der Waals surface area (Å²) < 4.78 is 41.0. The Hall–Kier alpha value is -3.07. The van der Waals surface area contributed by atoms with Crippen molar-refractivity contribution in [1.29, 1.82) is 0 Å². The third kappa shape index (κ3) is 7.87. The molecule has 0 aliphatic carbocycles. The number of nitrogens with zero attached hydrogens (tertiary/aromatic N) is 1. The molecule has 3 aliphatic rings. The van der Waals surface area contributed by atoms with E-state index in [0.717, 1.165) is 6.92 Å². The molecule has 268 valence electrons. The minimum Gasteiger partial charge on any atom is -0.457 e. The molecule has 0 unspecified atom stereocenters. The summed E-state index contributed by atoms with van der Waals surface area (Å²) in [6.07, 6.45) is 0.595. The van der Waals surface area contributed by atoms with Gasteiger partial charge in [-0.1, -0.05) is 33.6 Å². The Labute approximate surface area is 283 Å². The van der Waals surface area contributed by atoms with Gasteiger partial charge >= 0.3 is 12.0 Å². The molecule has 0 radical (unpaired) electrons. The van der Waals surface area contributed by atoms with E-state index in [0.29, 0.717) is 6.42 Å². The number of nitrogens with one attached hydrogen (secondary N) is 2. The lowest BCUT2D eigenvalue weighted by atomic mass is 9.72. The molecule has 0 aromatic heterocycles. The van der Waals surface area contributed by atoms with Crippen LogP contribution in [0, 0.1) is 41.9 Å². The number of likely N-dealkylation sites (N-methyl/N-ethyl adjacent to an activating group) is 1. The van der Waals surface area contributed by atoms with E-state index < -0.39 is 83.0 Å². The fourth-order valence-corrected chi connectivity index (χ4v) is 7.57. The summed E-state index contributed by atoms with van der Waals surface area (Å²) in [6, 6.07) is -1.81. The van der Waals surface area contributed by atoms with Gasteiger partial charge in [0.1, 0.15) is 24.6 Å².